The van der Waals surface area contributed by atoms with Gasteiger partial charge in [0.1, 0.15) is 11.6 Å². The minimum atomic E-state index is -0.451. The number of nitrogens with one attached hydrogen (secondary N) is 1. The molecule has 1 N–H and O–H groups in total. The summed E-state index contributed by atoms with van der Waals surface area (Å²) in [5, 5.41) is 14.7. The molecular weight excluding hydrogens is 320 g/mol. The third-order valence-electron chi connectivity index (χ3n) is 3.53. The minimum absolute atomic E-state index is 0.0189. The van der Waals surface area contributed by atoms with Crippen LogP contribution in [0.5, 0.6) is 0 Å². The van der Waals surface area contributed by atoms with Gasteiger partial charge in [-0.25, -0.2) is 0 Å². The number of nitrogens with zero attached hydrogens (tertiary/aromatic N) is 1. The van der Waals surface area contributed by atoms with E-state index in [0.29, 0.717) is 16.3 Å². The smallest absolute Gasteiger partial charge is 0.266 e. The number of fused-ring (bicyclic) bond motifs is 1. The molecule has 0 aliphatic carbocycles. The summed E-state index contributed by atoms with van der Waals surface area (Å²) in [5.41, 5.74) is 1.36. The van der Waals surface area contributed by atoms with Crippen LogP contribution in [0.15, 0.2) is 72.3 Å². The molecule has 0 fully saturated rings. The topological polar surface area (TPSA) is 52.9 Å². The number of hydrogen-bond donors (Lipinski definition) is 1. The number of nitriles is 1. The molecule has 3 aromatic rings. The fraction of sp³-hybridized carbons (Fsp3) is 0. The summed E-state index contributed by atoms with van der Waals surface area (Å²) < 4.78 is 0. The monoisotopic (exact) mass is 332 g/mol. The highest BCUT2D eigenvalue weighted by Gasteiger charge is 2.10. The van der Waals surface area contributed by atoms with Gasteiger partial charge >= 0.3 is 0 Å². The van der Waals surface area contributed by atoms with Gasteiger partial charge in [-0.2, -0.15) is 5.26 Å². The zero-order valence-electron chi connectivity index (χ0n) is 12.7. The van der Waals surface area contributed by atoms with Crippen LogP contribution >= 0.6 is 11.6 Å². The normalized spacial score (nSPS) is 11.1. The maximum atomic E-state index is 12.3. The molecule has 0 spiro atoms. The fourth-order valence-electron chi connectivity index (χ4n) is 2.38. The molecular formula is C20H13ClN2O. The SMILES string of the molecule is N#C/C(=C\c1cccc(Cl)c1)C(=O)Nc1ccc2ccccc2c1. The molecule has 0 aromatic heterocycles. The van der Waals surface area contributed by atoms with Crippen molar-refractivity contribution < 1.29 is 4.79 Å². The number of carbonyl (C=O) groups excluding carboxylic acids is 1. The summed E-state index contributed by atoms with van der Waals surface area (Å²) >= 11 is 5.92. The van der Waals surface area contributed by atoms with Crippen molar-refractivity contribution in [3.8, 4) is 6.07 Å². The lowest BCUT2D eigenvalue weighted by Crippen LogP contribution is -2.13. The first kappa shape index (κ1) is 15.8. The van der Waals surface area contributed by atoms with Gasteiger partial charge in [-0.15, -0.1) is 0 Å². The van der Waals surface area contributed by atoms with Crippen LogP contribution in [0, 0.1) is 11.3 Å². The van der Waals surface area contributed by atoms with Crippen molar-refractivity contribution in [3.05, 3.63) is 82.9 Å². The van der Waals surface area contributed by atoms with E-state index in [4.69, 9.17) is 11.6 Å². The molecule has 4 heteroatoms. The number of anilines is 1. The molecule has 116 valence electrons. The van der Waals surface area contributed by atoms with Crippen molar-refractivity contribution in [2.45, 2.75) is 0 Å². The molecule has 0 atom stereocenters. The van der Waals surface area contributed by atoms with Crippen molar-refractivity contribution >= 4 is 40.0 Å². The summed E-state index contributed by atoms with van der Waals surface area (Å²) in [7, 11) is 0. The second-order valence-electron chi connectivity index (χ2n) is 5.24. The Morgan fingerprint density at radius 1 is 1.00 bits per heavy atom. The van der Waals surface area contributed by atoms with Gasteiger partial charge in [0.25, 0.3) is 5.91 Å². The zero-order valence-corrected chi connectivity index (χ0v) is 13.4. The van der Waals surface area contributed by atoms with Gasteiger partial charge in [0, 0.05) is 10.7 Å². The van der Waals surface area contributed by atoms with E-state index < -0.39 is 5.91 Å². The summed E-state index contributed by atoms with van der Waals surface area (Å²) in [6.07, 6.45) is 1.52. The Morgan fingerprint density at radius 2 is 1.79 bits per heavy atom. The van der Waals surface area contributed by atoms with E-state index in [1.165, 1.54) is 6.08 Å². The molecule has 0 unspecified atom stereocenters. The Labute approximate surface area is 144 Å². The first-order valence-electron chi connectivity index (χ1n) is 7.33. The van der Waals surface area contributed by atoms with Crippen molar-refractivity contribution in [1.82, 2.24) is 0 Å². The molecule has 0 bridgehead atoms. The average Bonchev–Trinajstić information content (AvgIpc) is 2.59. The first-order chi connectivity index (χ1) is 11.7. The van der Waals surface area contributed by atoms with E-state index in [2.05, 4.69) is 5.32 Å². The predicted molar refractivity (Wildman–Crippen MR) is 97.6 cm³/mol. The highest BCUT2D eigenvalue weighted by molar-refractivity contribution is 6.30. The lowest BCUT2D eigenvalue weighted by Gasteiger charge is -2.06. The lowest BCUT2D eigenvalue weighted by atomic mass is 10.1. The van der Waals surface area contributed by atoms with Crippen LogP contribution in [-0.2, 0) is 4.79 Å². The molecule has 0 radical (unpaired) electrons. The van der Waals surface area contributed by atoms with Crippen LogP contribution < -0.4 is 5.32 Å². The van der Waals surface area contributed by atoms with Crippen LogP contribution in [0.4, 0.5) is 5.69 Å². The number of hydrogen-bond acceptors (Lipinski definition) is 2. The molecule has 0 aliphatic heterocycles. The summed E-state index contributed by atoms with van der Waals surface area (Å²) in [5.74, 6) is -0.451. The van der Waals surface area contributed by atoms with Crippen LogP contribution in [0.2, 0.25) is 5.02 Å². The fourth-order valence-corrected chi connectivity index (χ4v) is 2.58. The quantitative estimate of drug-likeness (QED) is 0.539. The van der Waals surface area contributed by atoms with E-state index in [0.717, 1.165) is 10.8 Å². The zero-order chi connectivity index (χ0) is 16.9. The number of rotatable bonds is 3. The Bertz CT molecular complexity index is 986. The highest BCUT2D eigenvalue weighted by Crippen LogP contribution is 2.20. The summed E-state index contributed by atoms with van der Waals surface area (Å²) in [4.78, 5) is 12.3. The number of halogens is 1. The Kier molecular flexibility index (Phi) is 4.60. The van der Waals surface area contributed by atoms with Crippen molar-refractivity contribution in [2.24, 2.45) is 0 Å². The second kappa shape index (κ2) is 6.99. The number of amides is 1. The maximum absolute atomic E-state index is 12.3. The second-order valence-corrected chi connectivity index (χ2v) is 5.68. The molecule has 0 heterocycles. The maximum Gasteiger partial charge on any atom is 0.266 e. The number of carbonyl (C=O) groups is 1. The molecule has 24 heavy (non-hydrogen) atoms. The Hall–Kier alpha value is -3.09. The van der Waals surface area contributed by atoms with E-state index in [1.54, 1.807) is 24.3 Å². The first-order valence-corrected chi connectivity index (χ1v) is 7.71. The van der Waals surface area contributed by atoms with Gasteiger partial charge in [-0.05, 0) is 46.7 Å². The summed E-state index contributed by atoms with van der Waals surface area (Å²) in [6.45, 7) is 0. The Morgan fingerprint density at radius 3 is 2.54 bits per heavy atom. The third-order valence-corrected chi connectivity index (χ3v) is 3.77. The van der Waals surface area contributed by atoms with Gasteiger partial charge in [-0.1, -0.05) is 54.1 Å². The van der Waals surface area contributed by atoms with Crippen molar-refractivity contribution in [1.29, 1.82) is 5.26 Å². The molecule has 1 amide bonds. The van der Waals surface area contributed by atoms with Gasteiger partial charge in [0.2, 0.25) is 0 Å². The minimum Gasteiger partial charge on any atom is -0.321 e. The van der Waals surface area contributed by atoms with E-state index >= 15 is 0 Å². The average molecular weight is 333 g/mol. The van der Waals surface area contributed by atoms with Gasteiger partial charge in [-0.3, -0.25) is 4.79 Å². The molecule has 0 saturated carbocycles. The summed E-state index contributed by atoms with van der Waals surface area (Å²) in [6, 6.07) is 22.4. The molecule has 3 aromatic carbocycles. The van der Waals surface area contributed by atoms with Gasteiger partial charge in [0.15, 0.2) is 0 Å². The van der Waals surface area contributed by atoms with Crippen molar-refractivity contribution in [3.63, 3.8) is 0 Å². The predicted octanol–water partition coefficient (Wildman–Crippen LogP) is 5.04. The van der Waals surface area contributed by atoms with Crippen LogP contribution in [0.3, 0.4) is 0 Å². The van der Waals surface area contributed by atoms with Crippen molar-refractivity contribution in [2.75, 3.05) is 5.32 Å². The molecule has 3 nitrogen and oxygen atoms in total. The van der Waals surface area contributed by atoms with Crippen LogP contribution in [0.25, 0.3) is 16.8 Å². The lowest BCUT2D eigenvalue weighted by molar-refractivity contribution is -0.112. The molecule has 0 saturated heterocycles. The molecule has 3 rings (SSSR count). The van der Waals surface area contributed by atoms with E-state index in [9.17, 15) is 10.1 Å². The van der Waals surface area contributed by atoms with E-state index in [-0.39, 0.29) is 5.57 Å². The Balaban J connectivity index is 1.85. The van der Waals surface area contributed by atoms with Crippen LogP contribution in [0.1, 0.15) is 5.56 Å². The standard InChI is InChI=1S/C20H13ClN2O/c21-18-7-3-4-14(11-18)10-17(13-22)20(24)23-19-9-8-15-5-1-2-6-16(15)12-19/h1-12H,(H,23,24)/b17-10+. The number of benzene rings is 3. The highest BCUT2D eigenvalue weighted by atomic mass is 35.5. The molecule has 0 aliphatic rings. The van der Waals surface area contributed by atoms with Gasteiger partial charge in [0.05, 0.1) is 0 Å². The van der Waals surface area contributed by atoms with Gasteiger partial charge < -0.3 is 5.32 Å². The third kappa shape index (κ3) is 3.62. The van der Waals surface area contributed by atoms with Crippen LogP contribution in [-0.4, -0.2) is 5.91 Å². The van der Waals surface area contributed by atoms with E-state index in [1.807, 2.05) is 48.5 Å². The largest absolute Gasteiger partial charge is 0.321 e.